The Morgan fingerprint density at radius 3 is 2.81 bits per heavy atom. The number of methoxy groups -OCH3 is 1. The Hall–Kier alpha value is -1.23. The summed E-state index contributed by atoms with van der Waals surface area (Å²) >= 11 is 1.34. The van der Waals surface area contributed by atoms with Crippen molar-refractivity contribution >= 4 is 17.7 Å². The topological polar surface area (TPSA) is 59.4 Å². The summed E-state index contributed by atoms with van der Waals surface area (Å²) in [5.74, 6) is 0.717. The first-order chi connectivity index (χ1) is 7.56. The zero-order valence-corrected chi connectivity index (χ0v) is 10.4. The molecule has 0 aliphatic heterocycles. The van der Waals surface area contributed by atoms with Gasteiger partial charge in [-0.05, 0) is 13.8 Å². The lowest BCUT2D eigenvalue weighted by molar-refractivity contribution is -0.133. The number of carboxylic acid groups (broad SMARTS) is 1. The van der Waals surface area contributed by atoms with E-state index in [0.717, 1.165) is 22.6 Å². The van der Waals surface area contributed by atoms with Crippen molar-refractivity contribution in [2.45, 2.75) is 19.6 Å². The fourth-order valence-electron chi connectivity index (χ4n) is 1.45. The number of thioether (sulfide) groups is 1. The lowest BCUT2D eigenvalue weighted by Gasteiger charge is -2.11. The van der Waals surface area contributed by atoms with Crippen LogP contribution in [-0.4, -0.2) is 28.9 Å². The summed E-state index contributed by atoms with van der Waals surface area (Å²) in [5.41, 5.74) is 2.86. The van der Waals surface area contributed by atoms with Crippen molar-refractivity contribution in [2.75, 3.05) is 12.9 Å². The molecule has 0 amide bonds. The van der Waals surface area contributed by atoms with E-state index >= 15 is 0 Å². The SMILES string of the molecule is COc1c(C)cnc(CSCC(=O)O)c1C. The molecular formula is C11H15NO3S. The Balaban J connectivity index is 2.77. The van der Waals surface area contributed by atoms with Crippen LogP contribution in [0.4, 0.5) is 0 Å². The molecule has 0 atom stereocenters. The molecule has 1 rings (SSSR count). The lowest BCUT2D eigenvalue weighted by atomic mass is 10.1. The molecule has 0 aliphatic carbocycles. The Morgan fingerprint density at radius 1 is 1.56 bits per heavy atom. The average molecular weight is 241 g/mol. The zero-order valence-electron chi connectivity index (χ0n) is 9.61. The number of nitrogens with zero attached hydrogens (tertiary/aromatic N) is 1. The summed E-state index contributed by atoms with van der Waals surface area (Å²) < 4.78 is 5.28. The minimum absolute atomic E-state index is 0.0946. The summed E-state index contributed by atoms with van der Waals surface area (Å²) in [6.45, 7) is 3.88. The van der Waals surface area contributed by atoms with Crippen LogP contribution in [0.25, 0.3) is 0 Å². The van der Waals surface area contributed by atoms with Crippen molar-refractivity contribution in [3.63, 3.8) is 0 Å². The van der Waals surface area contributed by atoms with Crippen LogP contribution >= 0.6 is 11.8 Å². The van der Waals surface area contributed by atoms with Crippen LogP contribution in [0.1, 0.15) is 16.8 Å². The minimum Gasteiger partial charge on any atom is -0.496 e. The van der Waals surface area contributed by atoms with Crippen molar-refractivity contribution in [2.24, 2.45) is 0 Å². The van der Waals surface area contributed by atoms with Crippen LogP contribution in [0.15, 0.2) is 6.20 Å². The van der Waals surface area contributed by atoms with Gasteiger partial charge in [-0.1, -0.05) is 0 Å². The van der Waals surface area contributed by atoms with E-state index < -0.39 is 5.97 Å². The molecule has 0 spiro atoms. The molecule has 4 nitrogen and oxygen atoms in total. The summed E-state index contributed by atoms with van der Waals surface area (Å²) in [4.78, 5) is 14.7. The van der Waals surface area contributed by atoms with E-state index in [2.05, 4.69) is 4.98 Å². The molecule has 0 aliphatic rings. The zero-order chi connectivity index (χ0) is 12.1. The van der Waals surface area contributed by atoms with Gasteiger partial charge in [0, 0.05) is 23.1 Å². The van der Waals surface area contributed by atoms with Gasteiger partial charge < -0.3 is 9.84 Å². The third-order valence-corrected chi connectivity index (χ3v) is 3.14. The highest BCUT2D eigenvalue weighted by molar-refractivity contribution is 7.99. The summed E-state index contributed by atoms with van der Waals surface area (Å²) in [6.07, 6.45) is 1.75. The summed E-state index contributed by atoms with van der Waals surface area (Å²) in [7, 11) is 1.63. The molecule has 0 bridgehead atoms. The molecular weight excluding hydrogens is 226 g/mol. The van der Waals surface area contributed by atoms with Gasteiger partial charge in [0.2, 0.25) is 0 Å². The van der Waals surface area contributed by atoms with Crippen LogP contribution in [0.3, 0.4) is 0 Å². The molecule has 0 saturated heterocycles. The largest absolute Gasteiger partial charge is 0.496 e. The average Bonchev–Trinajstić information content (AvgIpc) is 2.22. The van der Waals surface area contributed by atoms with E-state index in [-0.39, 0.29) is 5.75 Å². The monoisotopic (exact) mass is 241 g/mol. The van der Waals surface area contributed by atoms with E-state index in [1.54, 1.807) is 13.3 Å². The molecule has 0 aromatic carbocycles. The predicted molar refractivity (Wildman–Crippen MR) is 64.1 cm³/mol. The van der Waals surface area contributed by atoms with Crippen LogP contribution in [0.2, 0.25) is 0 Å². The molecule has 88 valence electrons. The maximum atomic E-state index is 10.4. The normalized spacial score (nSPS) is 10.2. The molecule has 16 heavy (non-hydrogen) atoms. The molecule has 0 fully saturated rings. The molecule has 1 N–H and O–H groups in total. The van der Waals surface area contributed by atoms with E-state index in [4.69, 9.17) is 9.84 Å². The molecule has 1 aromatic rings. The molecule has 1 heterocycles. The third kappa shape index (κ3) is 3.13. The second kappa shape index (κ2) is 5.75. The second-order valence-electron chi connectivity index (χ2n) is 3.43. The molecule has 1 aromatic heterocycles. The summed E-state index contributed by atoms with van der Waals surface area (Å²) in [5, 5.41) is 8.54. The lowest BCUT2D eigenvalue weighted by Crippen LogP contribution is -2.02. The van der Waals surface area contributed by atoms with Gasteiger partial charge in [0.05, 0.1) is 18.6 Å². The number of ether oxygens (including phenoxy) is 1. The number of carbonyl (C=O) groups is 1. The highest BCUT2D eigenvalue weighted by Gasteiger charge is 2.09. The van der Waals surface area contributed by atoms with E-state index in [1.165, 1.54) is 11.8 Å². The molecule has 5 heteroatoms. The van der Waals surface area contributed by atoms with Gasteiger partial charge in [-0.3, -0.25) is 9.78 Å². The number of aliphatic carboxylic acids is 1. The van der Waals surface area contributed by atoms with Gasteiger partial charge in [0.1, 0.15) is 5.75 Å². The van der Waals surface area contributed by atoms with Crippen LogP contribution in [-0.2, 0) is 10.5 Å². The maximum absolute atomic E-state index is 10.4. The third-order valence-electron chi connectivity index (χ3n) is 2.21. The number of pyridine rings is 1. The molecule has 0 saturated carbocycles. The van der Waals surface area contributed by atoms with E-state index in [0.29, 0.717) is 5.75 Å². The van der Waals surface area contributed by atoms with Gasteiger partial charge in [0.15, 0.2) is 0 Å². The van der Waals surface area contributed by atoms with Crippen molar-refractivity contribution in [1.29, 1.82) is 0 Å². The maximum Gasteiger partial charge on any atom is 0.313 e. The van der Waals surface area contributed by atoms with E-state index in [1.807, 2.05) is 13.8 Å². The van der Waals surface area contributed by atoms with Gasteiger partial charge in [-0.25, -0.2) is 0 Å². The number of hydrogen-bond acceptors (Lipinski definition) is 4. The number of hydrogen-bond donors (Lipinski definition) is 1. The number of aromatic nitrogens is 1. The van der Waals surface area contributed by atoms with Gasteiger partial charge in [-0.2, -0.15) is 0 Å². The van der Waals surface area contributed by atoms with Crippen molar-refractivity contribution in [3.8, 4) is 5.75 Å². The Bertz CT molecular complexity index is 393. The summed E-state index contributed by atoms with van der Waals surface area (Å²) in [6, 6.07) is 0. The molecule has 0 unspecified atom stereocenters. The van der Waals surface area contributed by atoms with Gasteiger partial charge in [-0.15, -0.1) is 11.8 Å². The van der Waals surface area contributed by atoms with Gasteiger partial charge >= 0.3 is 5.97 Å². The van der Waals surface area contributed by atoms with Crippen molar-refractivity contribution in [1.82, 2.24) is 4.98 Å². The number of rotatable bonds is 5. The standard InChI is InChI=1S/C11H15NO3S/c1-7-4-12-9(5-16-6-10(13)14)8(2)11(7)15-3/h4H,5-6H2,1-3H3,(H,13,14). The Morgan fingerprint density at radius 2 is 2.25 bits per heavy atom. The second-order valence-corrected chi connectivity index (χ2v) is 4.42. The first-order valence-corrected chi connectivity index (χ1v) is 6.00. The highest BCUT2D eigenvalue weighted by Crippen LogP contribution is 2.26. The van der Waals surface area contributed by atoms with Gasteiger partial charge in [0.25, 0.3) is 0 Å². The van der Waals surface area contributed by atoms with Crippen LogP contribution in [0.5, 0.6) is 5.75 Å². The molecule has 0 radical (unpaired) electrons. The number of carboxylic acids is 1. The highest BCUT2D eigenvalue weighted by atomic mass is 32.2. The smallest absolute Gasteiger partial charge is 0.313 e. The minimum atomic E-state index is -0.804. The van der Waals surface area contributed by atoms with E-state index in [9.17, 15) is 4.79 Å². The fourth-order valence-corrected chi connectivity index (χ4v) is 2.21. The fraction of sp³-hybridized carbons (Fsp3) is 0.455. The van der Waals surface area contributed by atoms with Crippen molar-refractivity contribution in [3.05, 3.63) is 23.0 Å². The first-order valence-electron chi connectivity index (χ1n) is 4.85. The number of aryl methyl sites for hydroxylation is 1. The Kier molecular flexibility index (Phi) is 4.61. The Labute approximate surface area is 99.0 Å². The first kappa shape index (κ1) is 12.8. The van der Waals surface area contributed by atoms with Crippen LogP contribution in [0, 0.1) is 13.8 Å². The predicted octanol–water partition coefficient (Wildman–Crippen LogP) is 2.02. The quantitative estimate of drug-likeness (QED) is 0.854. The van der Waals surface area contributed by atoms with Crippen LogP contribution < -0.4 is 4.74 Å². The van der Waals surface area contributed by atoms with Crippen molar-refractivity contribution < 1.29 is 14.6 Å².